The molecule has 3 N–H and O–H groups in total. The molecule has 0 aliphatic carbocycles. The molecule has 0 unspecified atom stereocenters. The minimum atomic E-state index is -4.61. The predicted molar refractivity (Wildman–Crippen MR) is 115 cm³/mol. The number of fused-ring (bicyclic) bond motifs is 1. The summed E-state index contributed by atoms with van der Waals surface area (Å²) in [6.45, 7) is 7.92. The first kappa shape index (κ1) is 22.6. The lowest BCUT2D eigenvalue weighted by molar-refractivity contribution is -0.137. The molecule has 7 nitrogen and oxygen atoms in total. The average Bonchev–Trinajstić information content (AvgIpc) is 3.08. The quantitative estimate of drug-likeness (QED) is 0.659. The summed E-state index contributed by atoms with van der Waals surface area (Å²) in [5, 5.41) is 6.60. The maximum absolute atomic E-state index is 13.8. The van der Waals surface area contributed by atoms with E-state index >= 15 is 0 Å². The van der Waals surface area contributed by atoms with E-state index < -0.39 is 11.7 Å². The molecule has 0 radical (unpaired) electrons. The Hall–Kier alpha value is -2.62. The van der Waals surface area contributed by atoms with Crippen molar-refractivity contribution in [3.8, 4) is 11.3 Å². The number of carbonyl (C=O) groups excluding carboxylic acids is 1. The number of amides is 1. The van der Waals surface area contributed by atoms with Crippen LogP contribution >= 0.6 is 0 Å². The second kappa shape index (κ2) is 8.38. The molecule has 0 aromatic carbocycles. The van der Waals surface area contributed by atoms with Crippen LogP contribution in [0.2, 0.25) is 0 Å². The van der Waals surface area contributed by atoms with Crippen molar-refractivity contribution >= 4 is 11.9 Å². The van der Waals surface area contributed by atoms with Crippen LogP contribution in [0.25, 0.3) is 11.3 Å². The van der Waals surface area contributed by atoms with Crippen molar-refractivity contribution in [3.63, 3.8) is 0 Å². The number of piperidine rings is 1. The fraction of sp³-hybridized carbons (Fsp3) is 0.591. The maximum atomic E-state index is 13.8. The topological polar surface area (TPSA) is 85.9 Å². The van der Waals surface area contributed by atoms with Gasteiger partial charge >= 0.3 is 6.18 Å². The highest BCUT2D eigenvalue weighted by Crippen LogP contribution is 2.39. The molecule has 1 saturated heterocycles. The van der Waals surface area contributed by atoms with Crippen LogP contribution in [0.1, 0.15) is 61.6 Å². The first-order valence-electron chi connectivity index (χ1n) is 11.0. The molecule has 0 bridgehead atoms. The zero-order valence-electron chi connectivity index (χ0n) is 18.6. The van der Waals surface area contributed by atoms with E-state index in [-0.39, 0.29) is 29.1 Å². The van der Waals surface area contributed by atoms with Gasteiger partial charge in [-0.3, -0.25) is 4.79 Å². The Morgan fingerprint density at radius 3 is 2.78 bits per heavy atom. The number of hydrogen-bond donors (Lipinski definition) is 3. The summed E-state index contributed by atoms with van der Waals surface area (Å²) in [5.41, 5.74) is 0.172. The summed E-state index contributed by atoms with van der Waals surface area (Å²) in [7, 11) is 0. The van der Waals surface area contributed by atoms with Crippen LogP contribution in [0.15, 0.2) is 12.4 Å². The van der Waals surface area contributed by atoms with Crippen LogP contribution in [0, 0.1) is 0 Å². The van der Waals surface area contributed by atoms with Gasteiger partial charge in [-0.1, -0.05) is 0 Å². The van der Waals surface area contributed by atoms with Crippen molar-refractivity contribution in [2.45, 2.75) is 64.2 Å². The molecule has 1 atom stereocenters. The Morgan fingerprint density at radius 1 is 1.34 bits per heavy atom. The summed E-state index contributed by atoms with van der Waals surface area (Å²) in [5.74, 6) is -0.0345. The van der Waals surface area contributed by atoms with E-state index in [1.165, 1.54) is 6.20 Å². The van der Waals surface area contributed by atoms with Crippen LogP contribution in [0.5, 0.6) is 0 Å². The highest BCUT2D eigenvalue weighted by atomic mass is 19.4. The number of nitrogens with one attached hydrogen (secondary N) is 3. The van der Waals surface area contributed by atoms with Crippen molar-refractivity contribution in [3.05, 3.63) is 29.2 Å². The number of nitrogens with zero attached hydrogens (tertiary/aromatic N) is 3. The largest absolute Gasteiger partial charge is 0.419 e. The highest BCUT2D eigenvalue weighted by Gasteiger charge is 2.37. The standard InChI is InChI=1S/C22H29F3N6O/c1-4-31-9-5-6-14-15(11-26-18(14)19(31)32)17-16(22(23,24)25)12-27-20(30-17)29-13-7-8-21(2,3)28-10-13/h11-13,26,28H,4-10H2,1-3H3,(H,27,29,30)/t13-/m0/s1. The number of halogens is 3. The van der Waals surface area contributed by atoms with Crippen LogP contribution < -0.4 is 10.6 Å². The molecule has 10 heteroatoms. The average molecular weight is 451 g/mol. The Kier molecular flexibility index (Phi) is 5.91. The number of rotatable bonds is 4. The molecule has 1 amide bonds. The molecule has 0 spiro atoms. The lowest BCUT2D eigenvalue weighted by Crippen LogP contribution is -2.50. The number of hydrogen-bond acceptors (Lipinski definition) is 5. The summed E-state index contributed by atoms with van der Waals surface area (Å²) in [6, 6.07) is 0.0237. The van der Waals surface area contributed by atoms with E-state index in [1.807, 2.05) is 6.92 Å². The molecule has 2 aromatic heterocycles. The minimum absolute atomic E-state index is 0.0237. The Morgan fingerprint density at radius 2 is 2.12 bits per heavy atom. The van der Waals surface area contributed by atoms with E-state index in [0.29, 0.717) is 49.3 Å². The third kappa shape index (κ3) is 4.46. The normalized spacial score (nSPS) is 21.2. The summed E-state index contributed by atoms with van der Waals surface area (Å²) in [6.07, 6.45) is 0.661. The SMILES string of the molecule is CCN1CCCc2c(-c3nc(N[C@H]4CCC(C)(C)NC4)ncc3C(F)(F)F)c[nH]c2C1=O. The first-order chi connectivity index (χ1) is 15.1. The zero-order chi connectivity index (χ0) is 23.1. The number of carbonyl (C=O) groups is 1. The molecule has 0 saturated carbocycles. The predicted octanol–water partition coefficient (Wildman–Crippen LogP) is 3.84. The Balaban J connectivity index is 1.70. The zero-order valence-corrected chi connectivity index (χ0v) is 18.6. The molecular weight excluding hydrogens is 421 g/mol. The van der Waals surface area contributed by atoms with Gasteiger partial charge in [0, 0.05) is 49.2 Å². The molecule has 174 valence electrons. The molecule has 1 fully saturated rings. The smallest absolute Gasteiger partial charge is 0.356 e. The second-order valence-electron chi connectivity index (χ2n) is 9.14. The lowest BCUT2D eigenvalue weighted by atomic mass is 9.91. The number of H-pyrrole nitrogens is 1. The molecule has 32 heavy (non-hydrogen) atoms. The van der Waals surface area contributed by atoms with E-state index in [4.69, 9.17) is 0 Å². The van der Waals surface area contributed by atoms with Crippen molar-refractivity contribution in [2.75, 3.05) is 25.0 Å². The van der Waals surface area contributed by atoms with E-state index in [1.54, 1.807) is 4.90 Å². The molecule has 2 aliphatic heterocycles. The number of aromatic amines is 1. The third-order valence-electron chi connectivity index (χ3n) is 6.35. The Labute approximate surface area is 185 Å². The van der Waals surface area contributed by atoms with Gasteiger partial charge < -0.3 is 20.5 Å². The summed E-state index contributed by atoms with van der Waals surface area (Å²) in [4.78, 5) is 25.7. The Bertz CT molecular complexity index is 990. The number of alkyl halides is 3. The van der Waals surface area contributed by atoms with Crippen molar-refractivity contribution in [1.29, 1.82) is 0 Å². The van der Waals surface area contributed by atoms with Crippen LogP contribution in [0.3, 0.4) is 0 Å². The van der Waals surface area contributed by atoms with Crippen LogP contribution in [-0.2, 0) is 12.6 Å². The van der Waals surface area contributed by atoms with Gasteiger partial charge in [-0.15, -0.1) is 0 Å². The maximum Gasteiger partial charge on any atom is 0.419 e. The van der Waals surface area contributed by atoms with E-state index in [0.717, 1.165) is 19.0 Å². The van der Waals surface area contributed by atoms with Crippen LogP contribution in [-0.4, -0.2) is 57.0 Å². The molecular formula is C22H29F3N6O. The molecule has 4 rings (SSSR count). The minimum Gasteiger partial charge on any atom is -0.356 e. The number of anilines is 1. The summed E-state index contributed by atoms with van der Waals surface area (Å²) < 4.78 is 41.5. The fourth-order valence-electron chi connectivity index (χ4n) is 4.42. The highest BCUT2D eigenvalue weighted by molar-refractivity contribution is 5.96. The third-order valence-corrected chi connectivity index (χ3v) is 6.35. The molecule has 2 aliphatic rings. The molecule has 4 heterocycles. The van der Waals surface area contributed by atoms with Gasteiger partial charge in [0.15, 0.2) is 0 Å². The number of aromatic nitrogens is 3. The van der Waals surface area contributed by atoms with E-state index in [2.05, 4.69) is 39.4 Å². The van der Waals surface area contributed by atoms with E-state index in [9.17, 15) is 18.0 Å². The van der Waals surface area contributed by atoms with Crippen molar-refractivity contribution in [1.82, 2.24) is 25.2 Å². The van der Waals surface area contributed by atoms with Crippen molar-refractivity contribution < 1.29 is 18.0 Å². The van der Waals surface area contributed by atoms with Crippen molar-refractivity contribution in [2.24, 2.45) is 0 Å². The van der Waals surface area contributed by atoms with Gasteiger partial charge in [0.25, 0.3) is 5.91 Å². The molecule has 2 aromatic rings. The van der Waals surface area contributed by atoms with Crippen LogP contribution in [0.4, 0.5) is 19.1 Å². The van der Waals surface area contributed by atoms with Gasteiger partial charge in [-0.05, 0) is 52.0 Å². The van der Waals surface area contributed by atoms with Gasteiger partial charge in [-0.25, -0.2) is 9.97 Å². The van der Waals surface area contributed by atoms with Gasteiger partial charge in [0.05, 0.1) is 5.69 Å². The monoisotopic (exact) mass is 450 g/mol. The lowest BCUT2D eigenvalue weighted by Gasteiger charge is -2.36. The van der Waals surface area contributed by atoms with Gasteiger partial charge in [0.1, 0.15) is 11.3 Å². The van der Waals surface area contributed by atoms with Gasteiger partial charge in [0.2, 0.25) is 5.95 Å². The summed E-state index contributed by atoms with van der Waals surface area (Å²) >= 11 is 0. The van der Waals surface area contributed by atoms with Gasteiger partial charge in [-0.2, -0.15) is 13.2 Å². The first-order valence-corrected chi connectivity index (χ1v) is 11.0. The fourth-order valence-corrected chi connectivity index (χ4v) is 4.42. The second-order valence-corrected chi connectivity index (χ2v) is 9.14.